The fourth-order valence-corrected chi connectivity index (χ4v) is 2.47. The highest BCUT2D eigenvalue weighted by Gasteiger charge is 2.08. The Morgan fingerprint density at radius 2 is 1.81 bits per heavy atom. The monoisotopic (exact) mass is 351 g/mol. The number of urea groups is 1. The number of non-ortho nitro benzene ring substituents is 1. The molecule has 0 spiro atoms. The summed E-state index contributed by atoms with van der Waals surface area (Å²) in [5.41, 5.74) is 2.51. The van der Waals surface area contributed by atoms with E-state index in [2.05, 4.69) is 15.7 Å². The molecule has 2 amide bonds. The van der Waals surface area contributed by atoms with Crippen molar-refractivity contribution in [3.05, 3.63) is 88.2 Å². The van der Waals surface area contributed by atoms with E-state index in [4.69, 9.17) is 0 Å². The van der Waals surface area contributed by atoms with E-state index in [1.165, 1.54) is 24.3 Å². The third kappa shape index (κ3) is 4.44. The van der Waals surface area contributed by atoms with Crippen molar-refractivity contribution in [2.45, 2.75) is 13.1 Å². The summed E-state index contributed by atoms with van der Waals surface area (Å²) in [4.78, 5) is 22.2. The molecule has 0 bridgehead atoms. The Morgan fingerprint density at radius 1 is 1.08 bits per heavy atom. The minimum absolute atomic E-state index is 0.0245. The molecule has 26 heavy (non-hydrogen) atoms. The Morgan fingerprint density at radius 3 is 2.46 bits per heavy atom. The number of aromatic nitrogens is 2. The van der Waals surface area contributed by atoms with Gasteiger partial charge in [0.15, 0.2) is 0 Å². The third-order valence-electron chi connectivity index (χ3n) is 3.79. The minimum Gasteiger partial charge on any atom is -0.334 e. The number of carbonyl (C=O) groups is 1. The molecule has 0 aliphatic heterocycles. The largest absolute Gasteiger partial charge is 0.334 e. The molecule has 2 aromatic carbocycles. The molecule has 132 valence electrons. The Labute approximate surface area is 149 Å². The van der Waals surface area contributed by atoms with E-state index in [1.54, 1.807) is 6.20 Å². The molecule has 0 unspecified atom stereocenters. The van der Waals surface area contributed by atoms with Gasteiger partial charge in [-0.05, 0) is 29.3 Å². The molecule has 0 saturated heterocycles. The lowest BCUT2D eigenvalue weighted by atomic mass is 10.1. The van der Waals surface area contributed by atoms with Gasteiger partial charge >= 0.3 is 6.03 Å². The van der Waals surface area contributed by atoms with Crippen LogP contribution in [0.5, 0.6) is 0 Å². The van der Waals surface area contributed by atoms with E-state index >= 15 is 0 Å². The number of hydrogen-bond acceptors (Lipinski definition) is 4. The molecule has 0 atom stereocenters. The van der Waals surface area contributed by atoms with Gasteiger partial charge in [-0.15, -0.1) is 0 Å². The summed E-state index contributed by atoms with van der Waals surface area (Å²) in [6, 6.07) is 14.9. The Bertz CT molecular complexity index is 891. The maximum absolute atomic E-state index is 12.1. The van der Waals surface area contributed by atoms with Crippen LogP contribution in [0.3, 0.4) is 0 Å². The maximum atomic E-state index is 12.1. The topological polar surface area (TPSA) is 102 Å². The molecule has 0 saturated carbocycles. The van der Waals surface area contributed by atoms with Crippen molar-refractivity contribution in [1.82, 2.24) is 15.1 Å². The molecular weight excluding hydrogens is 334 g/mol. The molecule has 3 aromatic rings. The summed E-state index contributed by atoms with van der Waals surface area (Å²) >= 11 is 0. The number of nitrogens with zero attached hydrogens (tertiary/aromatic N) is 3. The first-order valence-electron chi connectivity index (χ1n) is 7.95. The summed E-state index contributed by atoms with van der Waals surface area (Å²) in [5, 5.41) is 20.3. The van der Waals surface area contributed by atoms with Crippen molar-refractivity contribution >= 4 is 17.4 Å². The van der Waals surface area contributed by atoms with Gasteiger partial charge in [0.1, 0.15) is 0 Å². The lowest BCUT2D eigenvalue weighted by Crippen LogP contribution is -2.28. The number of amides is 2. The highest BCUT2D eigenvalue weighted by molar-refractivity contribution is 5.89. The molecule has 1 aromatic heterocycles. The van der Waals surface area contributed by atoms with Crippen molar-refractivity contribution in [3.63, 3.8) is 0 Å². The molecule has 8 heteroatoms. The van der Waals surface area contributed by atoms with Gasteiger partial charge in [0.25, 0.3) is 5.69 Å². The fraction of sp³-hybridized carbons (Fsp3) is 0.111. The van der Waals surface area contributed by atoms with Crippen LogP contribution in [0.4, 0.5) is 16.2 Å². The number of nitro benzene ring substituents is 1. The van der Waals surface area contributed by atoms with Gasteiger partial charge in [-0.2, -0.15) is 5.10 Å². The summed E-state index contributed by atoms with van der Waals surface area (Å²) in [5.74, 6) is 0. The van der Waals surface area contributed by atoms with Crippen molar-refractivity contribution < 1.29 is 9.72 Å². The predicted molar refractivity (Wildman–Crippen MR) is 96.7 cm³/mol. The van der Waals surface area contributed by atoms with E-state index < -0.39 is 4.92 Å². The van der Waals surface area contributed by atoms with E-state index in [0.717, 1.165) is 11.1 Å². The summed E-state index contributed by atoms with van der Waals surface area (Å²) in [6.45, 7) is 0.977. The third-order valence-corrected chi connectivity index (χ3v) is 3.79. The first kappa shape index (κ1) is 17.2. The van der Waals surface area contributed by atoms with E-state index in [9.17, 15) is 14.9 Å². The second-order valence-corrected chi connectivity index (χ2v) is 5.58. The van der Waals surface area contributed by atoms with Gasteiger partial charge < -0.3 is 10.6 Å². The van der Waals surface area contributed by atoms with Gasteiger partial charge in [-0.3, -0.25) is 14.8 Å². The average Bonchev–Trinajstić information content (AvgIpc) is 3.14. The number of nitro groups is 1. The van der Waals surface area contributed by atoms with Crippen molar-refractivity contribution in [3.8, 4) is 0 Å². The summed E-state index contributed by atoms with van der Waals surface area (Å²) in [6.07, 6.45) is 3.60. The molecule has 0 aliphatic carbocycles. The van der Waals surface area contributed by atoms with Gasteiger partial charge in [0.05, 0.1) is 11.5 Å². The van der Waals surface area contributed by atoms with Crippen molar-refractivity contribution in [1.29, 1.82) is 0 Å². The van der Waals surface area contributed by atoms with Gasteiger partial charge in [-0.1, -0.05) is 24.3 Å². The Kier molecular flexibility index (Phi) is 5.23. The number of hydrogen-bond donors (Lipinski definition) is 2. The highest BCUT2D eigenvalue weighted by atomic mass is 16.6. The molecule has 8 nitrogen and oxygen atoms in total. The standard InChI is InChI=1S/C18H17N5O3/c24-18(21-16-6-8-17(9-7-16)23(25)26)19-12-14-4-1-2-5-15(14)13-22-11-3-10-20-22/h1-11H,12-13H2,(H2,19,21,24). The van der Waals surface area contributed by atoms with Crippen LogP contribution >= 0.6 is 0 Å². The zero-order valence-electron chi connectivity index (χ0n) is 13.8. The predicted octanol–water partition coefficient (Wildman–Crippen LogP) is 3.16. The zero-order valence-corrected chi connectivity index (χ0v) is 13.8. The smallest absolute Gasteiger partial charge is 0.319 e. The van der Waals surface area contributed by atoms with Crippen LogP contribution in [0.2, 0.25) is 0 Å². The van der Waals surface area contributed by atoms with Gasteiger partial charge in [-0.25, -0.2) is 4.79 Å². The summed E-state index contributed by atoms with van der Waals surface area (Å²) in [7, 11) is 0. The molecule has 0 fully saturated rings. The average molecular weight is 351 g/mol. The number of benzene rings is 2. The van der Waals surface area contributed by atoms with Crippen LogP contribution in [-0.2, 0) is 13.1 Å². The van der Waals surface area contributed by atoms with Crippen LogP contribution in [-0.4, -0.2) is 20.7 Å². The molecule has 0 aliphatic rings. The second-order valence-electron chi connectivity index (χ2n) is 5.58. The van der Waals surface area contributed by atoms with Crippen LogP contribution in [0.1, 0.15) is 11.1 Å². The number of carbonyl (C=O) groups excluding carboxylic acids is 1. The SMILES string of the molecule is O=C(NCc1ccccc1Cn1cccn1)Nc1ccc([N+](=O)[O-])cc1. The maximum Gasteiger partial charge on any atom is 0.319 e. The summed E-state index contributed by atoms with van der Waals surface area (Å²) < 4.78 is 1.82. The molecule has 0 radical (unpaired) electrons. The molecule has 1 heterocycles. The fourth-order valence-electron chi connectivity index (χ4n) is 2.47. The zero-order chi connectivity index (χ0) is 18.4. The normalized spacial score (nSPS) is 10.3. The number of nitrogens with one attached hydrogen (secondary N) is 2. The van der Waals surface area contributed by atoms with E-state index in [0.29, 0.717) is 18.8 Å². The van der Waals surface area contributed by atoms with Crippen molar-refractivity contribution in [2.75, 3.05) is 5.32 Å². The van der Waals surface area contributed by atoms with E-state index in [1.807, 2.05) is 41.2 Å². The number of anilines is 1. The Hall–Kier alpha value is -3.68. The Balaban J connectivity index is 1.58. The molecule has 2 N–H and O–H groups in total. The first-order valence-corrected chi connectivity index (χ1v) is 7.95. The lowest BCUT2D eigenvalue weighted by molar-refractivity contribution is -0.384. The second kappa shape index (κ2) is 7.93. The lowest BCUT2D eigenvalue weighted by Gasteiger charge is -2.12. The van der Waals surface area contributed by atoms with Gasteiger partial charge in [0, 0.05) is 36.8 Å². The first-order chi connectivity index (χ1) is 12.6. The van der Waals surface area contributed by atoms with Crippen LogP contribution < -0.4 is 10.6 Å². The van der Waals surface area contributed by atoms with Crippen LogP contribution in [0.25, 0.3) is 0 Å². The highest BCUT2D eigenvalue weighted by Crippen LogP contribution is 2.15. The number of rotatable bonds is 6. The van der Waals surface area contributed by atoms with Crippen LogP contribution in [0, 0.1) is 10.1 Å². The molecular formula is C18H17N5O3. The van der Waals surface area contributed by atoms with Crippen molar-refractivity contribution in [2.24, 2.45) is 0 Å². The van der Waals surface area contributed by atoms with Gasteiger partial charge in [0.2, 0.25) is 0 Å². The van der Waals surface area contributed by atoms with E-state index in [-0.39, 0.29) is 11.7 Å². The molecule has 3 rings (SSSR count). The van der Waals surface area contributed by atoms with Crippen LogP contribution in [0.15, 0.2) is 67.0 Å². The quantitative estimate of drug-likeness (QED) is 0.526. The minimum atomic E-state index is -0.486.